The molecule has 0 bridgehead atoms. The summed E-state index contributed by atoms with van der Waals surface area (Å²) in [6.45, 7) is 19.8. The molecule has 118 heavy (non-hydrogen) atoms. The van der Waals surface area contributed by atoms with Gasteiger partial charge in [0.2, 0.25) is 45.6 Å². The van der Waals surface area contributed by atoms with E-state index in [4.69, 9.17) is 37.6 Å². The van der Waals surface area contributed by atoms with Crippen LogP contribution < -0.4 is 18.3 Å². The number of benzene rings is 8. The summed E-state index contributed by atoms with van der Waals surface area (Å²) >= 11 is 0. The summed E-state index contributed by atoms with van der Waals surface area (Å²) < 4.78 is 34.4. The number of rotatable bonds is 7. The Bertz CT molecular complexity index is 7380. The fourth-order valence-electron chi connectivity index (χ4n) is 18.6. The Morgan fingerprint density at radius 1 is 0.314 bits per heavy atom. The molecule has 0 radical (unpaired) electrons. The SMILES string of the molecule is Cc1ccc2c(oc3nc4ccccc4cc32)c1-c1ccc(C(C)(C)C)c[n+]1C.Cc1ccc2c(oc3nc4ccccc4cc32)c1-c1ccc(C(C)C)c[n+]1C.Cc1ccc2c(oc3nc4ccccc4cc32)c1-c1ccc(C2CCCC2)c[n+]1C.Cc1ccc2c(oc3nc4ccccc4cc32)c1-c1ccc(C2CCCCC2)c[n+]1C. The lowest BCUT2D eigenvalue weighted by molar-refractivity contribution is -0.661. The van der Waals surface area contributed by atoms with Gasteiger partial charge in [-0.2, -0.15) is 0 Å². The molecule has 0 amide bonds. The van der Waals surface area contributed by atoms with Crippen molar-refractivity contribution < 1.29 is 35.9 Å². The highest BCUT2D eigenvalue weighted by Gasteiger charge is 2.30. The minimum atomic E-state index is 0.112. The van der Waals surface area contributed by atoms with Crippen LogP contribution in [0.2, 0.25) is 0 Å². The second-order valence-corrected chi connectivity index (χ2v) is 34.6. The van der Waals surface area contributed by atoms with E-state index in [1.807, 2.05) is 60.7 Å². The molecule has 20 aromatic rings. The van der Waals surface area contributed by atoms with E-state index in [1.165, 1.54) is 114 Å². The number of pyridine rings is 8. The van der Waals surface area contributed by atoms with Gasteiger partial charge in [-0.25, -0.2) is 38.2 Å². The average Bonchev–Trinajstić information content (AvgIpc) is 1.61. The molecule has 0 atom stereocenters. The van der Waals surface area contributed by atoms with Crippen molar-refractivity contribution in [3.63, 3.8) is 0 Å². The number of para-hydroxylation sites is 4. The molecule has 2 aliphatic rings. The van der Waals surface area contributed by atoms with Crippen LogP contribution in [0.15, 0.2) is 261 Å². The maximum atomic E-state index is 6.40. The van der Waals surface area contributed by atoms with Crippen LogP contribution >= 0.6 is 0 Å². The summed E-state index contributed by atoms with van der Waals surface area (Å²) in [4.78, 5) is 19.1. The molecule has 0 aliphatic heterocycles. The number of fused-ring (bicyclic) bond motifs is 16. The summed E-state index contributed by atoms with van der Waals surface area (Å²) in [6.07, 6.45) is 21.2. The van der Waals surface area contributed by atoms with E-state index in [9.17, 15) is 0 Å². The van der Waals surface area contributed by atoms with E-state index < -0.39 is 0 Å². The number of furan rings is 4. The number of hydrogen-bond acceptors (Lipinski definition) is 8. The molecule has 2 aliphatic carbocycles. The van der Waals surface area contributed by atoms with E-state index >= 15 is 0 Å². The van der Waals surface area contributed by atoms with Crippen LogP contribution in [-0.4, -0.2) is 19.9 Å². The Labute approximate surface area is 687 Å². The van der Waals surface area contributed by atoms with Gasteiger partial charge in [-0.15, -0.1) is 0 Å². The molecule has 22 rings (SSSR count). The lowest BCUT2D eigenvalue weighted by Crippen LogP contribution is -2.33. The molecule has 12 heterocycles. The van der Waals surface area contributed by atoms with Crippen molar-refractivity contribution in [3.05, 3.63) is 288 Å². The van der Waals surface area contributed by atoms with E-state index in [2.05, 4.69) is 291 Å². The van der Waals surface area contributed by atoms with Gasteiger partial charge >= 0.3 is 0 Å². The van der Waals surface area contributed by atoms with Crippen molar-refractivity contribution in [1.82, 2.24) is 19.9 Å². The fourth-order valence-corrected chi connectivity index (χ4v) is 18.6. The second kappa shape index (κ2) is 30.4. The Kier molecular flexibility index (Phi) is 19.4. The topological polar surface area (TPSA) is 120 Å². The van der Waals surface area contributed by atoms with Gasteiger partial charge < -0.3 is 17.7 Å². The molecule has 2 saturated carbocycles. The molecule has 0 unspecified atom stereocenters. The summed E-state index contributed by atoms with van der Waals surface area (Å²) in [5.74, 6) is 1.92. The number of nitrogens with zero attached hydrogens (tertiary/aromatic N) is 8. The van der Waals surface area contributed by atoms with E-state index in [1.54, 1.807) is 0 Å². The molecule has 2 fully saturated rings. The number of hydrogen-bond donors (Lipinski definition) is 0. The zero-order chi connectivity index (χ0) is 80.9. The molecule has 12 aromatic heterocycles. The van der Waals surface area contributed by atoms with Crippen LogP contribution in [-0.2, 0) is 33.6 Å². The first-order valence-electron chi connectivity index (χ1n) is 42.1. The Morgan fingerprint density at radius 2 is 0.602 bits per heavy atom. The third kappa shape index (κ3) is 13.7. The second-order valence-electron chi connectivity index (χ2n) is 34.6. The highest BCUT2D eigenvalue weighted by molar-refractivity contribution is 6.15. The van der Waals surface area contributed by atoms with Crippen LogP contribution in [0.3, 0.4) is 0 Å². The average molecular weight is 1550 g/mol. The van der Waals surface area contributed by atoms with E-state index in [-0.39, 0.29) is 5.41 Å². The summed E-state index contributed by atoms with van der Waals surface area (Å²) in [7, 11) is 8.53. The van der Waals surface area contributed by atoms with Gasteiger partial charge in [0.25, 0.3) is 0 Å². The van der Waals surface area contributed by atoms with Crippen molar-refractivity contribution >= 4 is 132 Å². The van der Waals surface area contributed by atoms with Gasteiger partial charge in [-0.05, 0) is 172 Å². The van der Waals surface area contributed by atoms with Crippen molar-refractivity contribution in [1.29, 1.82) is 0 Å². The van der Waals surface area contributed by atoms with Crippen LogP contribution in [0.1, 0.15) is 155 Å². The molecule has 0 N–H and O–H groups in total. The third-order valence-electron chi connectivity index (χ3n) is 25.2. The maximum absolute atomic E-state index is 6.40. The van der Waals surface area contributed by atoms with Crippen molar-refractivity contribution in [3.8, 4) is 45.0 Å². The minimum absolute atomic E-state index is 0.112. The van der Waals surface area contributed by atoms with Crippen LogP contribution in [0, 0.1) is 27.7 Å². The lowest BCUT2D eigenvalue weighted by atomic mass is 9.84. The predicted molar refractivity (Wildman–Crippen MR) is 481 cm³/mol. The minimum Gasteiger partial charge on any atom is -0.437 e. The third-order valence-corrected chi connectivity index (χ3v) is 25.2. The molecule has 584 valence electrons. The zero-order valence-electron chi connectivity index (χ0n) is 69.9. The van der Waals surface area contributed by atoms with Gasteiger partial charge in [-0.1, -0.05) is 188 Å². The monoisotopic (exact) mass is 1550 g/mol. The standard InChI is InChI=1S/C28H27N2O.C27H25N2O.C26H25N2O.C25H23N2O/c1-18-12-14-22-23-16-20-10-6-7-11-24(20)29-28(23)31-27(22)26(18)25-15-13-21(17-30(25)2)19-8-4-3-5-9-19;1-17-11-13-21-22-15-19-9-5-6-10-23(19)28-27(22)30-26(21)25(17)24-14-12-20(16-29(24)2)18-7-3-4-8-18;1-16-10-12-19-20-14-17-8-6-7-9-21(17)27-25(20)29-24(19)23(16)22-13-11-18(15-28(22)5)26(2,3)4;1-15(2)18-10-12-22(27(4)14-18)23-16(3)9-11-19-20-13-17-7-5-6-8-21(17)26-25(20)28-24(19)23/h6-7,10-17,19H,3-5,8-9H2,1-2H3;5-6,9-16,18H,3-4,7-8H2,1-2H3;6-15H,1-5H3;5-15H,1-4H3/q4*+1. The van der Waals surface area contributed by atoms with Crippen LogP contribution in [0.25, 0.3) is 177 Å². The predicted octanol–water partition coefficient (Wildman–Crippen LogP) is 25.9. The Morgan fingerprint density at radius 3 is 0.898 bits per heavy atom. The van der Waals surface area contributed by atoms with Crippen molar-refractivity contribution in [2.45, 2.75) is 143 Å². The van der Waals surface area contributed by atoms with Crippen LogP contribution in [0.5, 0.6) is 0 Å². The van der Waals surface area contributed by atoms with Crippen molar-refractivity contribution in [2.75, 3.05) is 0 Å². The first-order chi connectivity index (χ1) is 57.2. The molecule has 0 spiro atoms. The first kappa shape index (κ1) is 75.3. The highest BCUT2D eigenvalue weighted by Crippen LogP contribution is 2.44. The molecule has 0 saturated heterocycles. The molecule has 12 nitrogen and oxygen atoms in total. The smallest absolute Gasteiger partial charge is 0.227 e. The zero-order valence-corrected chi connectivity index (χ0v) is 69.9. The first-order valence-corrected chi connectivity index (χ1v) is 42.1. The summed E-state index contributed by atoms with van der Waals surface area (Å²) in [5, 5.41) is 13.3. The molecular formula is C106H100N8O4+4. The van der Waals surface area contributed by atoms with Gasteiger partial charge in [-0.3, -0.25) is 0 Å². The normalized spacial score (nSPS) is 13.7. The largest absolute Gasteiger partial charge is 0.437 e. The van der Waals surface area contributed by atoms with Gasteiger partial charge in [0, 0.05) is 111 Å². The van der Waals surface area contributed by atoms with E-state index in [0.717, 1.165) is 143 Å². The van der Waals surface area contributed by atoms with Gasteiger partial charge in [0.15, 0.2) is 47.1 Å². The molecule has 8 aromatic carbocycles. The van der Waals surface area contributed by atoms with Crippen LogP contribution in [0.4, 0.5) is 0 Å². The summed E-state index contributed by atoms with van der Waals surface area (Å²) in [6, 6.07) is 77.0. The number of aryl methyl sites for hydroxylation is 8. The Hall–Kier alpha value is -12.8. The quantitative estimate of drug-likeness (QED) is 0.145. The van der Waals surface area contributed by atoms with Gasteiger partial charge in [0.1, 0.15) is 28.2 Å². The fraction of sp³-hybridized carbons (Fsp3) is 0.245. The maximum Gasteiger partial charge on any atom is 0.227 e. The summed E-state index contributed by atoms with van der Waals surface area (Å²) in [5.41, 5.74) is 30.1. The number of aromatic nitrogens is 8. The lowest BCUT2D eigenvalue weighted by Gasteiger charge is -2.21. The Balaban J connectivity index is 0.000000105. The highest BCUT2D eigenvalue weighted by atomic mass is 16.4. The molecular weight excluding hydrogens is 1450 g/mol. The molecule has 12 heteroatoms. The van der Waals surface area contributed by atoms with E-state index in [0.29, 0.717) is 40.6 Å². The van der Waals surface area contributed by atoms with Crippen molar-refractivity contribution in [2.24, 2.45) is 28.2 Å². The van der Waals surface area contributed by atoms with Gasteiger partial charge in [0.05, 0.1) is 44.3 Å².